The summed E-state index contributed by atoms with van der Waals surface area (Å²) in [5.74, 6) is 0. The predicted molar refractivity (Wildman–Crippen MR) is 45.9 cm³/mol. The average Bonchev–Trinajstić information content (AvgIpc) is 2.15. The predicted octanol–water partition coefficient (Wildman–Crippen LogP) is 2.80. The summed E-state index contributed by atoms with van der Waals surface area (Å²) in [5, 5.41) is 0. The lowest BCUT2D eigenvalue weighted by Gasteiger charge is -1.96. The molecule has 54 valence electrons. The van der Waals surface area contributed by atoms with E-state index in [1.165, 1.54) is 18.3 Å². The molecular formula is C8H10BrN. The molecule has 0 saturated heterocycles. The van der Waals surface area contributed by atoms with Gasteiger partial charge in [0.2, 0.25) is 0 Å². The fourth-order valence-corrected chi connectivity index (χ4v) is 0.917. The van der Waals surface area contributed by atoms with E-state index in [9.17, 15) is 0 Å². The van der Waals surface area contributed by atoms with Crippen LogP contribution < -0.4 is 0 Å². The van der Waals surface area contributed by atoms with Crippen LogP contribution in [0.2, 0.25) is 0 Å². The normalized spacial score (nSPS) is 24.3. The number of hydrogen-bond acceptors (Lipinski definition) is 1. The van der Waals surface area contributed by atoms with Gasteiger partial charge in [-0.1, -0.05) is 13.2 Å². The number of halogens is 1. The van der Waals surface area contributed by atoms with Gasteiger partial charge in [-0.05, 0) is 40.0 Å². The summed E-state index contributed by atoms with van der Waals surface area (Å²) in [5.41, 5.74) is -0.0690. The van der Waals surface area contributed by atoms with Gasteiger partial charge in [-0.2, -0.15) is 0 Å². The average molecular weight is 207 g/mol. The van der Waals surface area contributed by atoms with Gasteiger partial charge < -0.3 is 0 Å². The minimum Gasteiger partial charge on any atom is -0.249 e. The number of pyridine rings is 1. The first-order chi connectivity index (χ1) is 7.50. The van der Waals surface area contributed by atoms with Crippen LogP contribution in [0.5, 0.6) is 0 Å². The molecule has 0 aliphatic heterocycles. The number of hydrogen-bond donors (Lipinski definition) is 0. The van der Waals surface area contributed by atoms with Crippen molar-refractivity contribution in [3.63, 3.8) is 0 Å². The van der Waals surface area contributed by atoms with Gasteiger partial charge in [0.1, 0.15) is 4.60 Å². The maximum absolute atomic E-state index is 7.71. The molecule has 0 aromatic carbocycles. The maximum Gasteiger partial charge on any atom is 0.106 e. The van der Waals surface area contributed by atoms with E-state index in [1.54, 1.807) is 0 Å². The Morgan fingerprint density at radius 2 is 2.80 bits per heavy atom. The highest BCUT2D eigenvalue weighted by Gasteiger charge is 1.91. The van der Waals surface area contributed by atoms with E-state index in [-0.39, 0.29) is 5.56 Å². The van der Waals surface area contributed by atoms with Crippen LogP contribution in [-0.4, -0.2) is 4.98 Å². The van der Waals surface area contributed by atoms with Gasteiger partial charge in [0.15, 0.2) is 0 Å². The van der Waals surface area contributed by atoms with Crippen molar-refractivity contribution in [3.05, 3.63) is 28.5 Å². The topological polar surface area (TPSA) is 12.9 Å². The second-order valence-corrected chi connectivity index (χ2v) is 2.43. The minimum absolute atomic E-state index is 0.0690. The zero-order valence-corrected chi connectivity index (χ0v) is 6.64. The van der Waals surface area contributed by atoms with Crippen LogP contribution in [0.3, 0.4) is 0 Å². The Morgan fingerprint density at radius 3 is 3.50 bits per heavy atom. The summed E-state index contributed by atoms with van der Waals surface area (Å²) in [6.07, 6.45) is -4.34. The van der Waals surface area contributed by atoms with Crippen molar-refractivity contribution in [3.8, 4) is 0 Å². The largest absolute Gasteiger partial charge is 0.249 e. The summed E-state index contributed by atoms with van der Waals surface area (Å²) in [6.45, 7) is -3.05. The van der Waals surface area contributed by atoms with Gasteiger partial charge in [0.05, 0.1) is 0 Å². The molecule has 0 N–H and O–H groups in total. The van der Waals surface area contributed by atoms with Crippen molar-refractivity contribution in [2.75, 3.05) is 0 Å². The second-order valence-electron chi connectivity index (χ2n) is 1.62. The molecule has 2 heteroatoms. The molecule has 1 aromatic rings. The summed E-state index contributed by atoms with van der Waals surface area (Å²) in [4.78, 5) is 3.78. The molecule has 1 nitrogen and oxygen atoms in total. The smallest absolute Gasteiger partial charge is 0.106 e. The van der Waals surface area contributed by atoms with Crippen LogP contribution in [-0.2, 0) is 6.37 Å². The van der Waals surface area contributed by atoms with E-state index in [0.29, 0.717) is 4.60 Å². The van der Waals surface area contributed by atoms with Crippen LogP contribution >= 0.6 is 15.9 Å². The Balaban J connectivity index is 3.28. The zero-order valence-electron chi connectivity index (χ0n) is 12.1. The summed E-state index contributed by atoms with van der Waals surface area (Å²) < 4.78 is 51.9. The third kappa shape index (κ3) is 2.10. The van der Waals surface area contributed by atoms with Crippen LogP contribution in [0, 0.1) is 0 Å². The van der Waals surface area contributed by atoms with Gasteiger partial charge in [0, 0.05) is 15.8 Å². The Labute approximate surface area is 79.4 Å². The standard InChI is InChI=1S/C8H10BrN/c1-2-3-7-4-5-10-8(9)6-7/h4-6H,2-3H2,1H3/i1D3,2D2,3D2. The van der Waals surface area contributed by atoms with E-state index < -0.39 is 19.6 Å². The first-order valence-corrected chi connectivity index (χ1v) is 3.41. The lowest BCUT2D eigenvalue weighted by Crippen LogP contribution is -1.83. The number of aryl methyl sites for hydroxylation is 1. The molecule has 0 aliphatic rings. The lowest BCUT2D eigenvalue weighted by molar-refractivity contribution is 0.916. The van der Waals surface area contributed by atoms with Crippen LogP contribution in [0.1, 0.15) is 28.4 Å². The van der Waals surface area contributed by atoms with Gasteiger partial charge in [-0.25, -0.2) is 4.98 Å². The SMILES string of the molecule is [2H]C([2H])([2H])C([2H])([2H])C([2H])([2H])c1ccnc(Br)c1. The van der Waals surface area contributed by atoms with E-state index in [4.69, 9.17) is 9.60 Å². The van der Waals surface area contributed by atoms with E-state index >= 15 is 0 Å². The van der Waals surface area contributed by atoms with Crippen molar-refractivity contribution >= 4 is 15.9 Å². The van der Waals surface area contributed by atoms with Gasteiger partial charge in [-0.15, -0.1) is 0 Å². The van der Waals surface area contributed by atoms with Crippen LogP contribution in [0.4, 0.5) is 0 Å². The van der Waals surface area contributed by atoms with E-state index in [2.05, 4.69) is 20.9 Å². The highest BCUT2D eigenvalue weighted by Crippen LogP contribution is 2.09. The first kappa shape index (κ1) is 2.59. The summed E-state index contributed by atoms with van der Waals surface area (Å²) in [7, 11) is 0. The second kappa shape index (κ2) is 3.71. The summed E-state index contributed by atoms with van der Waals surface area (Å²) in [6, 6.07) is 2.53. The zero-order chi connectivity index (χ0) is 13.5. The van der Waals surface area contributed by atoms with Crippen LogP contribution in [0.15, 0.2) is 22.9 Å². The molecular weight excluding hydrogens is 190 g/mol. The molecule has 1 heterocycles. The van der Waals surface area contributed by atoms with Gasteiger partial charge >= 0.3 is 0 Å². The molecule has 0 atom stereocenters. The van der Waals surface area contributed by atoms with Gasteiger partial charge in [-0.3, -0.25) is 0 Å². The maximum atomic E-state index is 7.71. The lowest BCUT2D eigenvalue weighted by atomic mass is 10.2. The van der Waals surface area contributed by atoms with Crippen molar-refractivity contribution in [2.24, 2.45) is 0 Å². The number of nitrogens with zero attached hydrogens (tertiary/aromatic N) is 1. The van der Waals surface area contributed by atoms with Crippen molar-refractivity contribution in [2.45, 2.75) is 19.6 Å². The molecule has 0 saturated carbocycles. The molecule has 0 radical (unpaired) electrons. The van der Waals surface area contributed by atoms with Crippen molar-refractivity contribution in [1.29, 1.82) is 0 Å². The van der Waals surface area contributed by atoms with Crippen LogP contribution in [0.25, 0.3) is 0 Å². The Hall–Kier alpha value is -0.370. The molecule has 0 spiro atoms. The van der Waals surface area contributed by atoms with Gasteiger partial charge in [0.25, 0.3) is 0 Å². The van der Waals surface area contributed by atoms with Crippen molar-refractivity contribution in [1.82, 2.24) is 4.98 Å². The number of aromatic nitrogens is 1. The highest BCUT2D eigenvalue weighted by molar-refractivity contribution is 9.10. The minimum atomic E-state index is -3.05. The molecule has 10 heavy (non-hydrogen) atoms. The van der Waals surface area contributed by atoms with E-state index in [1.807, 2.05) is 0 Å². The molecule has 0 fully saturated rings. The highest BCUT2D eigenvalue weighted by atomic mass is 79.9. The fourth-order valence-electron chi connectivity index (χ4n) is 0.552. The quantitative estimate of drug-likeness (QED) is 0.679. The molecule has 0 unspecified atom stereocenters. The number of rotatable bonds is 2. The Bertz CT molecular complexity index is 415. The molecule has 0 amide bonds. The Kier molecular flexibility index (Phi) is 0.963. The molecule has 1 aromatic heterocycles. The molecule has 1 rings (SSSR count). The fraction of sp³-hybridized carbons (Fsp3) is 0.375. The third-order valence-corrected chi connectivity index (χ3v) is 1.37. The molecule has 0 aliphatic carbocycles. The van der Waals surface area contributed by atoms with Crippen molar-refractivity contribution < 1.29 is 9.60 Å². The third-order valence-electron chi connectivity index (χ3n) is 0.933. The Morgan fingerprint density at radius 1 is 1.90 bits per heavy atom. The molecule has 0 bridgehead atoms. The van der Waals surface area contributed by atoms with E-state index in [0.717, 1.165) is 0 Å². The monoisotopic (exact) mass is 206 g/mol. The first-order valence-electron chi connectivity index (χ1n) is 6.12. The summed E-state index contributed by atoms with van der Waals surface area (Å²) >= 11 is 3.03.